The van der Waals surface area contributed by atoms with Crippen molar-refractivity contribution in [1.29, 1.82) is 0 Å². The Morgan fingerprint density at radius 2 is 2.33 bits per heavy atom. The van der Waals surface area contributed by atoms with Crippen LogP contribution in [-0.4, -0.2) is 62.8 Å². The van der Waals surface area contributed by atoms with E-state index in [4.69, 9.17) is 10.8 Å². The van der Waals surface area contributed by atoms with Crippen LogP contribution in [0.2, 0.25) is 0 Å². The summed E-state index contributed by atoms with van der Waals surface area (Å²) in [6.45, 7) is 0. The van der Waals surface area contributed by atoms with Gasteiger partial charge in [-0.2, -0.15) is 3.89 Å². The number of β-lactam (4-membered cyclic amide) rings is 1. The molecule has 1 saturated heterocycles. The zero-order valence-electron chi connectivity index (χ0n) is 13.5. The predicted octanol–water partition coefficient (Wildman–Crippen LogP) is 0.421. The minimum absolute atomic E-state index is 0.0168. The number of hydrogen-bond acceptors (Lipinski definition) is 10. The Labute approximate surface area is 164 Å². The summed E-state index contributed by atoms with van der Waals surface area (Å²) in [7, 11) is 1.20. The number of hydrogen-bond donors (Lipinski definition) is 3. The quantitative estimate of drug-likeness (QED) is 0.330. The number of nitrogens with one attached hydrogen (secondary N) is 1. The Bertz CT molecular complexity index is 873. The number of oxime groups is 1. The number of nitrogens with two attached hydrogens (primary N) is 1. The van der Waals surface area contributed by atoms with Gasteiger partial charge in [0.25, 0.3) is 11.8 Å². The van der Waals surface area contributed by atoms with Crippen LogP contribution >= 0.6 is 35.2 Å². The van der Waals surface area contributed by atoms with Crippen molar-refractivity contribution in [2.24, 2.45) is 5.16 Å². The summed E-state index contributed by atoms with van der Waals surface area (Å²) in [5.74, 6) is -2.22. The molecule has 3 rings (SSSR count). The summed E-state index contributed by atoms with van der Waals surface area (Å²) in [4.78, 5) is 45.8. The highest BCUT2D eigenvalue weighted by atomic mass is 32.2. The van der Waals surface area contributed by atoms with E-state index in [0.717, 1.165) is 16.2 Å². The first-order chi connectivity index (χ1) is 12.9. The molecule has 3 heterocycles. The van der Waals surface area contributed by atoms with Crippen LogP contribution in [0.4, 0.5) is 9.02 Å². The number of carbonyl (C=O) groups is 3. The molecule has 2 amide bonds. The minimum atomic E-state index is -1.22. The molecule has 0 spiro atoms. The number of halogens is 1. The summed E-state index contributed by atoms with van der Waals surface area (Å²) in [5, 5.41) is 14.7. The maximum absolute atomic E-state index is 13.1. The van der Waals surface area contributed by atoms with Gasteiger partial charge in [0.1, 0.15) is 34.1 Å². The summed E-state index contributed by atoms with van der Waals surface area (Å²) >= 11 is 1.99. The number of carboxylic acid groups (broad SMARTS) is 1. The SMILES string of the molecule is CO/N=C(\C(=O)N[C@@H]1C(=O)N2C(C(=O)O)=CCS[C@H]12)c1nc(N)sc1SF. The van der Waals surface area contributed by atoms with Crippen LogP contribution < -0.4 is 11.1 Å². The predicted molar refractivity (Wildman–Crippen MR) is 97.8 cm³/mol. The Balaban J connectivity index is 1.80. The minimum Gasteiger partial charge on any atom is -0.477 e. The van der Waals surface area contributed by atoms with Crippen LogP contribution in [0.25, 0.3) is 0 Å². The third-order valence-corrected chi connectivity index (χ3v) is 6.29. The molecule has 144 valence electrons. The Morgan fingerprint density at radius 3 is 2.96 bits per heavy atom. The zero-order chi connectivity index (χ0) is 19.7. The van der Waals surface area contributed by atoms with E-state index in [0.29, 0.717) is 5.75 Å². The van der Waals surface area contributed by atoms with Crippen LogP contribution in [0.15, 0.2) is 21.1 Å². The molecule has 2 atom stereocenters. The molecule has 2 aliphatic rings. The normalized spacial score (nSPS) is 21.9. The van der Waals surface area contributed by atoms with E-state index >= 15 is 0 Å². The lowest BCUT2D eigenvalue weighted by Gasteiger charge is -2.48. The largest absolute Gasteiger partial charge is 0.477 e. The standard InChI is InChI=1S/C13H12FN5O5S3/c1-24-18-5(6-12(27-14)26-13(15)17-6)8(20)16-7-9(21)19-4(11(22)23)2-3-25-10(7)19/h2,7,10H,3H2,1H3,(H2,15,17)(H,16,20)(H,22,23)/b18-5-/t7-,10-/m1/s1. The van der Waals surface area contributed by atoms with Crippen LogP contribution in [0.1, 0.15) is 5.69 Å². The number of rotatable bonds is 6. The molecule has 2 aliphatic heterocycles. The molecule has 1 aromatic rings. The maximum atomic E-state index is 13.1. The molecular weight excluding hydrogens is 421 g/mol. The van der Waals surface area contributed by atoms with Gasteiger partial charge in [0.2, 0.25) is 0 Å². The van der Waals surface area contributed by atoms with Gasteiger partial charge in [0.15, 0.2) is 10.8 Å². The number of fused-ring (bicyclic) bond motifs is 1. The summed E-state index contributed by atoms with van der Waals surface area (Å²) in [5.41, 5.74) is 4.99. The zero-order valence-corrected chi connectivity index (χ0v) is 16.0. The number of aliphatic carboxylic acids is 1. The van der Waals surface area contributed by atoms with E-state index in [2.05, 4.69) is 20.3 Å². The molecule has 10 nitrogen and oxygen atoms in total. The van der Waals surface area contributed by atoms with E-state index in [1.807, 2.05) is 0 Å². The van der Waals surface area contributed by atoms with E-state index in [-0.39, 0.29) is 38.6 Å². The van der Waals surface area contributed by atoms with Crippen molar-refractivity contribution in [3.63, 3.8) is 0 Å². The van der Waals surface area contributed by atoms with Crippen molar-refractivity contribution in [2.75, 3.05) is 18.6 Å². The number of carbonyl (C=O) groups excluding carboxylic acids is 2. The first kappa shape index (κ1) is 19.4. The van der Waals surface area contributed by atoms with Crippen molar-refractivity contribution in [3.05, 3.63) is 17.5 Å². The molecule has 1 aromatic heterocycles. The van der Waals surface area contributed by atoms with E-state index in [1.165, 1.54) is 24.9 Å². The third kappa shape index (κ3) is 3.46. The summed E-state index contributed by atoms with van der Waals surface area (Å²) in [6.07, 6.45) is 1.43. The number of amides is 2. The topological polar surface area (TPSA) is 147 Å². The average molecular weight is 433 g/mol. The maximum Gasteiger partial charge on any atom is 0.352 e. The van der Waals surface area contributed by atoms with Crippen molar-refractivity contribution >= 4 is 63.9 Å². The van der Waals surface area contributed by atoms with Crippen molar-refractivity contribution < 1.29 is 28.2 Å². The van der Waals surface area contributed by atoms with Gasteiger partial charge in [0.05, 0.1) is 12.1 Å². The van der Waals surface area contributed by atoms with E-state index < -0.39 is 29.2 Å². The highest BCUT2D eigenvalue weighted by molar-refractivity contribution is 8.00. The number of nitrogens with zero attached hydrogens (tertiary/aromatic N) is 3. The van der Waals surface area contributed by atoms with Crippen LogP contribution in [0.3, 0.4) is 0 Å². The van der Waals surface area contributed by atoms with Crippen molar-refractivity contribution in [3.8, 4) is 0 Å². The molecule has 0 radical (unpaired) electrons. The second-order valence-electron chi connectivity index (χ2n) is 5.17. The molecule has 0 aromatic carbocycles. The van der Waals surface area contributed by atoms with Crippen molar-refractivity contribution in [1.82, 2.24) is 15.2 Å². The van der Waals surface area contributed by atoms with E-state index in [1.54, 1.807) is 0 Å². The fraction of sp³-hybridized carbons (Fsp3) is 0.308. The van der Waals surface area contributed by atoms with Gasteiger partial charge in [-0.25, -0.2) is 9.78 Å². The number of thioether (sulfide) groups is 1. The smallest absolute Gasteiger partial charge is 0.352 e. The molecule has 0 saturated carbocycles. The molecule has 0 bridgehead atoms. The third-order valence-electron chi connectivity index (χ3n) is 3.66. The monoisotopic (exact) mass is 433 g/mol. The Morgan fingerprint density at radius 1 is 1.59 bits per heavy atom. The lowest BCUT2D eigenvalue weighted by atomic mass is 10.0. The molecular formula is C13H12FN5O5S3. The molecule has 0 aliphatic carbocycles. The molecule has 1 fully saturated rings. The van der Waals surface area contributed by atoms with Gasteiger partial charge in [-0.1, -0.05) is 16.5 Å². The second kappa shape index (κ2) is 7.74. The van der Waals surface area contributed by atoms with Crippen LogP contribution in [0.5, 0.6) is 0 Å². The van der Waals surface area contributed by atoms with Gasteiger partial charge in [-0.15, -0.1) is 11.8 Å². The lowest BCUT2D eigenvalue weighted by molar-refractivity contribution is -0.150. The van der Waals surface area contributed by atoms with Crippen LogP contribution in [-0.2, 0) is 19.2 Å². The number of nitrogen functional groups attached to an aromatic ring is 1. The Hall–Kier alpha value is -2.32. The molecule has 0 unspecified atom stereocenters. The fourth-order valence-corrected chi connectivity index (χ4v) is 4.91. The highest BCUT2D eigenvalue weighted by Crippen LogP contribution is 2.37. The number of anilines is 1. The molecule has 4 N–H and O–H groups in total. The summed E-state index contributed by atoms with van der Waals surface area (Å²) in [6, 6.07) is -0.954. The first-order valence-corrected chi connectivity index (χ1v) is 9.82. The molecule has 14 heteroatoms. The number of carboxylic acids is 1. The molecule has 27 heavy (non-hydrogen) atoms. The van der Waals surface area contributed by atoms with Gasteiger partial charge < -0.3 is 21.0 Å². The van der Waals surface area contributed by atoms with Crippen molar-refractivity contribution in [2.45, 2.75) is 15.6 Å². The second-order valence-corrected chi connectivity index (χ2v) is 8.17. The number of aromatic nitrogens is 1. The average Bonchev–Trinajstić information content (AvgIpc) is 3.03. The van der Waals surface area contributed by atoms with Gasteiger partial charge in [-0.3, -0.25) is 14.5 Å². The highest BCUT2D eigenvalue weighted by Gasteiger charge is 2.53. The fourth-order valence-electron chi connectivity index (χ4n) is 2.56. The van der Waals surface area contributed by atoms with Gasteiger partial charge in [0, 0.05) is 5.75 Å². The van der Waals surface area contributed by atoms with Crippen LogP contribution in [0, 0.1) is 0 Å². The van der Waals surface area contributed by atoms with E-state index in [9.17, 15) is 18.3 Å². The number of thiazole rings is 1. The first-order valence-electron chi connectivity index (χ1n) is 7.24. The van der Waals surface area contributed by atoms with Gasteiger partial charge >= 0.3 is 5.97 Å². The summed E-state index contributed by atoms with van der Waals surface area (Å²) < 4.78 is 13.1. The van der Waals surface area contributed by atoms with Gasteiger partial charge in [-0.05, 0) is 6.08 Å². The lowest BCUT2D eigenvalue weighted by Crippen LogP contribution is -2.70. The Kier molecular flexibility index (Phi) is 5.57.